The lowest BCUT2D eigenvalue weighted by molar-refractivity contribution is -0.167. The predicted octanol–water partition coefficient (Wildman–Crippen LogP) is 15.5. The molecule has 0 saturated heterocycles. The molecule has 332 valence electrons. The van der Waals surface area contributed by atoms with Gasteiger partial charge in [-0.1, -0.05) is 203 Å². The molecule has 0 N–H and O–H groups in total. The molecule has 0 rings (SSSR count). The van der Waals surface area contributed by atoms with Crippen molar-refractivity contribution in [2.45, 2.75) is 226 Å². The number of carbonyl (C=O) groups excluding carboxylic acids is 3. The zero-order chi connectivity index (χ0) is 42.3. The maximum Gasteiger partial charge on any atom is 0.306 e. The first kappa shape index (κ1) is 54.9. The Hall–Kier alpha value is -3.15. The molecule has 58 heavy (non-hydrogen) atoms. The molecule has 0 heterocycles. The highest BCUT2D eigenvalue weighted by Gasteiger charge is 2.19. The van der Waals surface area contributed by atoms with Gasteiger partial charge in [0.25, 0.3) is 0 Å². The van der Waals surface area contributed by atoms with Crippen molar-refractivity contribution in [1.82, 2.24) is 0 Å². The highest BCUT2D eigenvalue weighted by atomic mass is 16.6. The summed E-state index contributed by atoms with van der Waals surface area (Å²) in [6.07, 6.45) is 57.5. The first-order chi connectivity index (χ1) is 28.5. The molecule has 0 aromatic carbocycles. The molecule has 0 aliphatic heterocycles. The Balaban J connectivity index is 4.41. The van der Waals surface area contributed by atoms with E-state index >= 15 is 0 Å². The van der Waals surface area contributed by atoms with Crippen molar-refractivity contribution < 1.29 is 28.6 Å². The molecule has 0 aromatic heterocycles. The van der Waals surface area contributed by atoms with E-state index in [0.29, 0.717) is 19.3 Å². The van der Waals surface area contributed by atoms with Crippen molar-refractivity contribution in [3.05, 3.63) is 72.9 Å². The Bertz CT molecular complexity index is 1110. The van der Waals surface area contributed by atoms with Gasteiger partial charge in [0, 0.05) is 19.3 Å². The van der Waals surface area contributed by atoms with Crippen molar-refractivity contribution in [3.8, 4) is 0 Å². The summed E-state index contributed by atoms with van der Waals surface area (Å²) in [6.45, 7) is 6.41. The van der Waals surface area contributed by atoms with E-state index in [9.17, 15) is 14.4 Å². The number of hydrogen-bond donors (Lipinski definition) is 0. The van der Waals surface area contributed by atoms with Gasteiger partial charge in [0.15, 0.2) is 6.10 Å². The van der Waals surface area contributed by atoms with Gasteiger partial charge in [0.1, 0.15) is 13.2 Å². The molecule has 6 heteroatoms. The Morgan fingerprint density at radius 2 is 0.741 bits per heavy atom. The van der Waals surface area contributed by atoms with Gasteiger partial charge in [-0.05, 0) is 70.6 Å². The largest absolute Gasteiger partial charge is 0.462 e. The van der Waals surface area contributed by atoms with Crippen LogP contribution in [0.3, 0.4) is 0 Å². The molecule has 0 spiro atoms. The second kappa shape index (κ2) is 46.5. The summed E-state index contributed by atoms with van der Waals surface area (Å²) in [5, 5.41) is 0. The minimum Gasteiger partial charge on any atom is -0.462 e. The van der Waals surface area contributed by atoms with Crippen molar-refractivity contribution >= 4 is 17.9 Å². The number of rotatable bonds is 42. The first-order valence-electron chi connectivity index (χ1n) is 24.0. The van der Waals surface area contributed by atoms with Crippen LogP contribution in [0.15, 0.2) is 72.9 Å². The van der Waals surface area contributed by atoms with Crippen LogP contribution in [0.25, 0.3) is 0 Å². The molecule has 0 amide bonds. The fourth-order valence-electron chi connectivity index (χ4n) is 6.43. The number of ether oxygens (including phenoxy) is 3. The minimum atomic E-state index is -0.794. The van der Waals surface area contributed by atoms with Crippen molar-refractivity contribution in [2.24, 2.45) is 0 Å². The van der Waals surface area contributed by atoms with Crippen LogP contribution in [0, 0.1) is 0 Å². The van der Waals surface area contributed by atoms with E-state index < -0.39 is 6.10 Å². The van der Waals surface area contributed by atoms with E-state index in [1.807, 2.05) is 0 Å². The van der Waals surface area contributed by atoms with Crippen molar-refractivity contribution in [1.29, 1.82) is 0 Å². The number of allylic oxidation sites excluding steroid dienone is 12. The molecule has 6 nitrogen and oxygen atoms in total. The van der Waals surface area contributed by atoms with Crippen molar-refractivity contribution in [3.63, 3.8) is 0 Å². The van der Waals surface area contributed by atoms with Gasteiger partial charge in [0.05, 0.1) is 0 Å². The highest BCUT2D eigenvalue weighted by molar-refractivity contribution is 5.71. The lowest BCUT2D eigenvalue weighted by Crippen LogP contribution is -2.30. The third-order valence-corrected chi connectivity index (χ3v) is 10.0. The molecule has 1 unspecified atom stereocenters. The first-order valence-corrected chi connectivity index (χ1v) is 24.0. The molecule has 0 aliphatic rings. The molecule has 1 atom stereocenters. The average molecular weight is 809 g/mol. The van der Waals surface area contributed by atoms with Crippen molar-refractivity contribution in [2.75, 3.05) is 13.2 Å². The van der Waals surface area contributed by atoms with Crippen LogP contribution in [0.2, 0.25) is 0 Å². The molecule has 0 fully saturated rings. The minimum absolute atomic E-state index is 0.0972. The lowest BCUT2D eigenvalue weighted by Gasteiger charge is -2.18. The summed E-state index contributed by atoms with van der Waals surface area (Å²) in [5.74, 6) is -0.957. The van der Waals surface area contributed by atoms with Crippen LogP contribution in [0.4, 0.5) is 0 Å². The second-order valence-electron chi connectivity index (χ2n) is 15.7. The third kappa shape index (κ3) is 44.0. The summed E-state index contributed by atoms with van der Waals surface area (Å²) >= 11 is 0. The summed E-state index contributed by atoms with van der Waals surface area (Å²) in [7, 11) is 0. The molecule has 0 saturated carbocycles. The fourth-order valence-corrected chi connectivity index (χ4v) is 6.43. The Kier molecular flexibility index (Phi) is 44.0. The third-order valence-electron chi connectivity index (χ3n) is 10.0. The van der Waals surface area contributed by atoms with Gasteiger partial charge in [-0.25, -0.2) is 0 Å². The molecule has 0 aromatic rings. The fraction of sp³-hybridized carbons (Fsp3) is 0.712. The summed E-state index contributed by atoms with van der Waals surface area (Å²) in [4.78, 5) is 37.7. The summed E-state index contributed by atoms with van der Waals surface area (Å²) < 4.78 is 16.7. The Morgan fingerprint density at radius 3 is 1.26 bits per heavy atom. The molecular formula is C52H88O6. The summed E-state index contributed by atoms with van der Waals surface area (Å²) in [5.41, 5.74) is 0. The number of esters is 3. The molecule has 0 radical (unpaired) electrons. The van der Waals surface area contributed by atoms with E-state index in [-0.39, 0.29) is 31.1 Å². The number of unbranched alkanes of at least 4 members (excludes halogenated alkanes) is 22. The van der Waals surface area contributed by atoms with E-state index in [0.717, 1.165) is 96.3 Å². The average Bonchev–Trinajstić information content (AvgIpc) is 3.22. The zero-order valence-electron chi connectivity index (χ0n) is 37.8. The van der Waals surface area contributed by atoms with Crippen LogP contribution in [0.5, 0.6) is 0 Å². The zero-order valence-corrected chi connectivity index (χ0v) is 37.8. The van der Waals surface area contributed by atoms with E-state index in [2.05, 4.69) is 93.7 Å². The quantitative estimate of drug-likeness (QED) is 0.0201. The molecule has 0 bridgehead atoms. The predicted molar refractivity (Wildman–Crippen MR) is 247 cm³/mol. The maximum absolute atomic E-state index is 12.7. The van der Waals surface area contributed by atoms with Crippen LogP contribution in [-0.4, -0.2) is 37.2 Å². The van der Waals surface area contributed by atoms with Gasteiger partial charge in [-0.15, -0.1) is 0 Å². The summed E-state index contributed by atoms with van der Waals surface area (Å²) in [6, 6.07) is 0. The van der Waals surface area contributed by atoms with Gasteiger partial charge in [-0.3, -0.25) is 14.4 Å². The number of carbonyl (C=O) groups is 3. The molecule has 0 aliphatic carbocycles. The SMILES string of the molecule is CC/C=C\C/C=C\CCCCC(=O)OCC(COC(=O)CCCCCCC\C=C/C=C\C=C/C=C\CCCCC)OC(=O)CCCCCCCCCCCCCCC. The topological polar surface area (TPSA) is 78.9 Å². The van der Waals surface area contributed by atoms with Crippen LogP contribution in [0.1, 0.15) is 220 Å². The monoisotopic (exact) mass is 809 g/mol. The maximum atomic E-state index is 12.7. The van der Waals surface area contributed by atoms with Gasteiger partial charge in [-0.2, -0.15) is 0 Å². The van der Waals surface area contributed by atoms with Crippen LogP contribution >= 0.6 is 0 Å². The smallest absolute Gasteiger partial charge is 0.306 e. The van der Waals surface area contributed by atoms with Gasteiger partial charge >= 0.3 is 17.9 Å². The van der Waals surface area contributed by atoms with Gasteiger partial charge in [0.2, 0.25) is 0 Å². The lowest BCUT2D eigenvalue weighted by atomic mass is 10.0. The van der Waals surface area contributed by atoms with Crippen LogP contribution in [-0.2, 0) is 28.6 Å². The Labute approximate surface area is 357 Å². The van der Waals surface area contributed by atoms with Crippen LogP contribution < -0.4 is 0 Å². The van der Waals surface area contributed by atoms with E-state index in [4.69, 9.17) is 14.2 Å². The van der Waals surface area contributed by atoms with E-state index in [1.54, 1.807) is 0 Å². The molecular weight excluding hydrogens is 721 g/mol. The normalized spacial score (nSPS) is 12.7. The van der Waals surface area contributed by atoms with Gasteiger partial charge < -0.3 is 14.2 Å². The number of hydrogen-bond acceptors (Lipinski definition) is 6. The standard InChI is InChI=1S/C52H88O6/c1-4-7-10-13-16-19-21-23-24-25-26-27-29-30-33-36-39-42-45-51(54)57-48-49(47-56-50(53)44-41-38-35-32-18-15-12-9-6-3)58-52(55)46-43-40-37-34-31-28-22-20-17-14-11-8-5-2/h9,12,16,18-19,21,23-27,32,49H,4-8,10-11,13-15,17,20,22,28-31,33-48H2,1-3H3/b12-9-,19-16-,23-21-,25-24-,27-26-,32-18-. The Morgan fingerprint density at radius 1 is 0.379 bits per heavy atom. The second-order valence-corrected chi connectivity index (χ2v) is 15.7. The highest BCUT2D eigenvalue weighted by Crippen LogP contribution is 2.14. The van der Waals surface area contributed by atoms with E-state index in [1.165, 1.54) is 83.5 Å².